The van der Waals surface area contributed by atoms with Crippen molar-refractivity contribution in [2.75, 3.05) is 13.1 Å². The molecule has 1 spiro atoms. The van der Waals surface area contributed by atoms with E-state index in [4.69, 9.17) is 0 Å². The highest BCUT2D eigenvalue weighted by molar-refractivity contribution is 5.14. The van der Waals surface area contributed by atoms with Crippen molar-refractivity contribution in [2.45, 2.75) is 44.6 Å². The van der Waals surface area contributed by atoms with Gasteiger partial charge in [0.2, 0.25) is 0 Å². The maximum Gasteiger partial charge on any atom is 0.137 e. The van der Waals surface area contributed by atoms with Crippen LogP contribution in [0.4, 0.5) is 0 Å². The molecule has 1 aromatic heterocycles. The Labute approximate surface area is 102 Å². The van der Waals surface area contributed by atoms with Crippen LogP contribution in [-0.4, -0.2) is 27.9 Å². The molecule has 2 heterocycles. The quantitative estimate of drug-likeness (QED) is 0.859. The third-order valence-electron chi connectivity index (χ3n) is 5.02. The normalized spacial score (nSPS) is 30.7. The zero-order valence-corrected chi connectivity index (χ0v) is 10.2. The lowest BCUT2D eigenvalue weighted by atomic mass is 9.62. The molecule has 4 heteroatoms. The van der Waals surface area contributed by atoms with Crippen molar-refractivity contribution in [3.63, 3.8) is 0 Å². The SMILES string of the molecule is c1nnc(C2CNCC23CCC3)n1CC1CC1. The number of rotatable bonds is 3. The highest BCUT2D eigenvalue weighted by atomic mass is 15.3. The summed E-state index contributed by atoms with van der Waals surface area (Å²) >= 11 is 0. The predicted octanol–water partition coefficient (Wildman–Crippen LogP) is 1.55. The molecule has 1 aromatic rings. The summed E-state index contributed by atoms with van der Waals surface area (Å²) in [5.41, 5.74) is 0.522. The van der Waals surface area contributed by atoms with Gasteiger partial charge in [0.25, 0.3) is 0 Å². The summed E-state index contributed by atoms with van der Waals surface area (Å²) in [6, 6.07) is 0. The summed E-state index contributed by atoms with van der Waals surface area (Å²) in [6.07, 6.45) is 8.88. The topological polar surface area (TPSA) is 42.7 Å². The fourth-order valence-electron chi connectivity index (χ4n) is 3.58. The predicted molar refractivity (Wildman–Crippen MR) is 64.6 cm³/mol. The average Bonchev–Trinajstić information content (AvgIpc) is 2.80. The van der Waals surface area contributed by atoms with E-state index in [2.05, 4.69) is 20.1 Å². The summed E-state index contributed by atoms with van der Waals surface area (Å²) < 4.78 is 2.33. The molecule has 2 aliphatic carbocycles. The first-order valence-corrected chi connectivity index (χ1v) is 6.96. The van der Waals surface area contributed by atoms with Gasteiger partial charge in [-0.1, -0.05) is 6.42 Å². The van der Waals surface area contributed by atoms with Crippen molar-refractivity contribution in [3.05, 3.63) is 12.2 Å². The van der Waals surface area contributed by atoms with Crippen LogP contribution in [0.3, 0.4) is 0 Å². The zero-order chi connectivity index (χ0) is 11.3. The van der Waals surface area contributed by atoms with Crippen molar-refractivity contribution in [3.8, 4) is 0 Å². The van der Waals surface area contributed by atoms with Gasteiger partial charge in [0.15, 0.2) is 0 Å². The van der Waals surface area contributed by atoms with Crippen LogP contribution in [0.15, 0.2) is 6.33 Å². The lowest BCUT2D eigenvalue weighted by molar-refractivity contribution is 0.131. The van der Waals surface area contributed by atoms with Crippen LogP contribution in [-0.2, 0) is 6.54 Å². The lowest BCUT2D eigenvalue weighted by Gasteiger charge is -2.42. The Hall–Kier alpha value is -0.900. The Balaban J connectivity index is 1.62. The molecule has 17 heavy (non-hydrogen) atoms. The molecule has 1 atom stereocenters. The average molecular weight is 232 g/mol. The summed E-state index contributed by atoms with van der Waals surface area (Å²) in [7, 11) is 0. The van der Waals surface area contributed by atoms with Crippen molar-refractivity contribution < 1.29 is 0 Å². The van der Waals surface area contributed by atoms with E-state index in [1.807, 2.05) is 6.33 Å². The minimum absolute atomic E-state index is 0.522. The summed E-state index contributed by atoms with van der Waals surface area (Å²) in [6.45, 7) is 3.44. The largest absolute Gasteiger partial charge is 0.317 e. The van der Waals surface area contributed by atoms with E-state index in [9.17, 15) is 0 Å². The number of hydrogen-bond acceptors (Lipinski definition) is 3. The minimum Gasteiger partial charge on any atom is -0.317 e. The Morgan fingerprint density at radius 2 is 2.29 bits per heavy atom. The van der Waals surface area contributed by atoms with Gasteiger partial charge in [0.1, 0.15) is 12.2 Å². The van der Waals surface area contributed by atoms with Crippen molar-refractivity contribution in [1.29, 1.82) is 0 Å². The number of aromatic nitrogens is 3. The molecule has 1 unspecified atom stereocenters. The highest BCUT2D eigenvalue weighted by Crippen LogP contribution is 2.53. The lowest BCUT2D eigenvalue weighted by Crippen LogP contribution is -2.37. The van der Waals surface area contributed by atoms with Gasteiger partial charge in [-0.25, -0.2) is 0 Å². The molecule has 1 aliphatic heterocycles. The smallest absolute Gasteiger partial charge is 0.137 e. The molecule has 0 radical (unpaired) electrons. The van der Waals surface area contributed by atoms with Gasteiger partial charge in [0, 0.05) is 25.6 Å². The molecule has 4 nitrogen and oxygen atoms in total. The van der Waals surface area contributed by atoms with Crippen molar-refractivity contribution >= 4 is 0 Å². The zero-order valence-electron chi connectivity index (χ0n) is 10.2. The second-order valence-corrected chi connectivity index (χ2v) is 6.18. The summed E-state index contributed by atoms with van der Waals surface area (Å²) in [4.78, 5) is 0. The molecule has 0 bridgehead atoms. The summed E-state index contributed by atoms with van der Waals surface area (Å²) in [5, 5.41) is 12.2. The molecular weight excluding hydrogens is 212 g/mol. The second kappa shape index (κ2) is 3.55. The first kappa shape index (κ1) is 10.1. The molecule has 3 aliphatic rings. The van der Waals surface area contributed by atoms with E-state index >= 15 is 0 Å². The molecule has 0 aromatic carbocycles. The standard InChI is InChI=1S/C13H20N4/c1-4-13(5-1)8-14-6-11(13)12-16-15-9-17(12)7-10-2-3-10/h9-11,14H,1-8H2. The maximum absolute atomic E-state index is 4.43. The fraction of sp³-hybridized carbons (Fsp3) is 0.846. The molecule has 2 saturated carbocycles. The van der Waals surface area contributed by atoms with Gasteiger partial charge >= 0.3 is 0 Å². The molecular formula is C13H20N4. The first-order valence-electron chi connectivity index (χ1n) is 6.96. The Kier molecular flexibility index (Phi) is 2.10. The second-order valence-electron chi connectivity index (χ2n) is 6.18. The minimum atomic E-state index is 0.522. The van der Waals surface area contributed by atoms with Gasteiger partial charge in [0.05, 0.1) is 0 Å². The van der Waals surface area contributed by atoms with E-state index < -0.39 is 0 Å². The van der Waals surface area contributed by atoms with Crippen molar-refractivity contribution in [2.24, 2.45) is 11.3 Å². The molecule has 4 rings (SSSR count). The van der Waals surface area contributed by atoms with E-state index in [-0.39, 0.29) is 0 Å². The number of nitrogens with one attached hydrogen (secondary N) is 1. The Bertz CT molecular complexity index is 417. The van der Waals surface area contributed by atoms with Crippen LogP contribution in [0.1, 0.15) is 43.8 Å². The van der Waals surface area contributed by atoms with Gasteiger partial charge in [-0.05, 0) is 37.0 Å². The molecule has 3 fully saturated rings. The van der Waals surface area contributed by atoms with Gasteiger partial charge in [-0.3, -0.25) is 0 Å². The van der Waals surface area contributed by atoms with Gasteiger partial charge < -0.3 is 9.88 Å². The van der Waals surface area contributed by atoms with Gasteiger partial charge in [-0.15, -0.1) is 10.2 Å². The van der Waals surface area contributed by atoms with Crippen LogP contribution in [0.25, 0.3) is 0 Å². The van der Waals surface area contributed by atoms with Crippen LogP contribution in [0.5, 0.6) is 0 Å². The fourth-order valence-corrected chi connectivity index (χ4v) is 3.58. The first-order chi connectivity index (χ1) is 8.37. The van der Waals surface area contributed by atoms with E-state index in [1.165, 1.54) is 44.5 Å². The van der Waals surface area contributed by atoms with E-state index in [0.717, 1.165) is 19.0 Å². The van der Waals surface area contributed by atoms with Crippen LogP contribution >= 0.6 is 0 Å². The highest BCUT2D eigenvalue weighted by Gasteiger charge is 2.49. The number of hydrogen-bond donors (Lipinski definition) is 1. The monoisotopic (exact) mass is 232 g/mol. The van der Waals surface area contributed by atoms with Crippen molar-refractivity contribution in [1.82, 2.24) is 20.1 Å². The van der Waals surface area contributed by atoms with Crippen LogP contribution < -0.4 is 5.32 Å². The molecule has 92 valence electrons. The Morgan fingerprint density at radius 3 is 3.00 bits per heavy atom. The Morgan fingerprint density at radius 1 is 1.41 bits per heavy atom. The molecule has 0 amide bonds. The third kappa shape index (κ3) is 1.53. The molecule has 1 N–H and O–H groups in total. The van der Waals surface area contributed by atoms with E-state index in [0.29, 0.717) is 11.3 Å². The number of nitrogens with zero attached hydrogens (tertiary/aromatic N) is 3. The maximum atomic E-state index is 4.43. The summed E-state index contributed by atoms with van der Waals surface area (Å²) in [5.74, 6) is 2.76. The van der Waals surface area contributed by atoms with E-state index in [1.54, 1.807) is 0 Å². The third-order valence-corrected chi connectivity index (χ3v) is 5.02. The van der Waals surface area contributed by atoms with Crippen LogP contribution in [0, 0.1) is 11.3 Å². The van der Waals surface area contributed by atoms with Crippen LogP contribution in [0.2, 0.25) is 0 Å². The molecule has 1 saturated heterocycles. The van der Waals surface area contributed by atoms with Gasteiger partial charge in [-0.2, -0.15) is 0 Å².